The highest BCUT2D eigenvalue weighted by atomic mass is 127. The molecule has 0 saturated heterocycles. The van der Waals surface area contributed by atoms with Crippen molar-refractivity contribution in [2.75, 3.05) is 22.0 Å². The van der Waals surface area contributed by atoms with Gasteiger partial charge in [-0.1, -0.05) is 18.2 Å². The summed E-state index contributed by atoms with van der Waals surface area (Å²) in [6.45, 7) is 1.96. The smallest absolute Gasteiger partial charge is 0.168 e. The summed E-state index contributed by atoms with van der Waals surface area (Å²) in [5.41, 5.74) is 4.26. The molecule has 0 spiro atoms. The van der Waals surface area contributed by atoms with Gasteiger partial charge in [0.1, 0.15) is 45.7 Å². The molecular weight excluding hydrogens is 594 g/mol. The monoisotopic (exact) mass is 616 g/mol. The number of imidazole rings is 1. The van der Waals surface area contributed by atoms with Crippen LogP contribution in [0.5, 0.6) is 0 Å². The van der Waals surface area contributed by atoms with E-state index in [1.165, 1.54) is 0 Å². The van der Waals surface area contributed by atoms with Gasteiger partial charge in [0.15, 0.2) is 5.65 Å². The standard InChI is InChI=1S/C23H22IN8OPS/c1-14-26-22-18(28-17-7-3-4-8-19(17)31(2)35(33)16-10-11-16)12-21(30-23(22)32(14)34-24)29-20-9-5-6-15(13-25)27-20/h3-9,12,16,34H,10-11H2,1-2H3,(H2,27,28,29,30). The molecule has 1 aromatic carbocycles. The van der Waals surface area contributed by atoms with Crippen LogP contribution in [0.1, 0.15) is 24.4 Å². The second kappa shape index (κ2) is 10.0. The van der Waals surface area contributed by atoms with Crippen LogP contribution < -0.4 is 14.9 Å². The van der Waals surface area contributed by atoms with Gasteiger partial charge in [0.2, 0.25) is 0 Å². The Labute approximate surface area is 220 Å². The van der Waals surface area contributed by atoms with Crippen molar-refractivity contribution >= 4 is 79.3 Å². The SMILES string of the molecule is Cc1nc2c(Nc3ccccc3N(C)S(=O)C3CC3)cc(Nc3cccc(C#N)n3)nc2n1PI. The van der Waals surface area contributed by atoms with Gasteiger partial charge in [0, 0.05) is 13.1 Å². The quantitative estimate of drug-likeness (QED) is 0.197. The van der Waals surface area contributed by atoms with Crippen molar-refractivity contribution in [3.63, 3.8) is 0 Å². The van der Waals surface area contributed by atoms with Crippen LogP contribution >= 0.6 is 28.4 Å². The average molecular weight is 616 g/mol. The normalized spacial score (nSPS) is 14.2. The molecule has 4 aromatic rings. The van der Waals surface area contributed by atoms with Crippen molar-refractivity contribution in [1.82, 2.24) is 19.3 Å². The number of nitrogens with one attached hydrogen (secondary N) is 2. The Morgan fingerprint density at radius 3 is 2.66 bits per heavy atom. The van der Waals surface area contributed by atoms with Crippen molar-refractivity contribution in [2.45, 2.75) is 25.0 Å². The lowest BCUT2D eigenvalue weighted by Gasteiger charge is -2.22. The number of nitriles is 1. The predicted octanol–water partition coefficient (Wildman–Crippen LogP) is 5.55. The molecule has 5 rings (SSSR count). The van der Waals surface area contributed by atoms with Crippen molar-refractivity contribution in [2.24, 2.45) is 0 Å². The zero-order chi connectivity index (χ0) is 24.5. The lowest BCUT2D eigenvalue weighted by atomic mass is 10.2. The van der Waals surface area contributed by atoms with Gasteiger partial charge in [-0.15, -0.1) is 0 Å². The molecule has 1 aliphatic rings. The zero-order valence-corrected chi connectivity index (χ0v) is 23.0. The van der Waals surface area contributed by atoms with Crippen LogP contribution in [-0.4, -0.2) is 35.8 Å². The second-order valence-electron chi connectivity index (χ2n) is 8.07. The molecule has 2 atom stereocenters. The van der Waals surface area contributed by atoms with Crippen LogP contribution in [0.25, 0.3) is 11.2 Å². The number of hydrogen-bond acceptors (Lipinski definition) is 7. The number of aromatic nitrogens is 4. The van der Waals surface area contributed by atoms with Gasteiger partial charge in [-0.05, 0) is 66.1 Å². The molecule has 1 fully saturated rings. The third-order valence-corrected chi connectivity index (χ3v) is 9.51. The first kappa shape index (κ1) is 23.9. The van der Waals surface area contributed by atoms with Gasteiger partial charge < -0.3 is 10.6 Å². The van der Waals surface area contributed by atoms with E-state index >= 15 is 0 Å². The fourth-order valence-corrected chi connectivity index (χ4v) is 7.18. The maximum Gasteiger partial charge on any atom is 0.168 e. The van der Waals surface area contributed by atoms with E-state index < -0.39 is 11.0 Å². The van der Waals surface area contributed by atoms with E-state index in [1.54, 1.807) is 18.2 Å². The summed E-state index contributed by atoms with van der Waals surface area (Å²) in [5.74, 6) is 1.97. The van der Waals surface area contributed by atoms with Crippen LogP contribution in [0.15, 0.2) is 48.5 Å². The van der Waals surface area contributed by atoms with Gasteiger partial charge in [0.25, 0.3) is 0 Å². The molecular formula is C23H22IN8OPS. The summed E-state index contributed by atoms with van der Waals surface area (Å²) in [5, 5.41) is 16.2. The van der Waals surface area contributed by atoms with E-state index in [0.717, 1.165) is 46.9 Å². The van der Waals surface area contributed by atoms with Crippen molar-refractivity contribution in [3.8, 4) is 6.07 Å². The van der Waals surface area contributed by atoms with E-state index in [4.69, 9.17) is 9.97 Å². The molecule has 0 amide bonds. The van der Waals surface area contributed by atoms with Crippen molar-refractivity contribution in [3.05, 3.63) is 60.0 Å². The van der Waals surface area contributed by atoms with Crippen molar-refractivity contribution < 1.29 is 4.21 Å². The topological polar surface area (TPSA) is 112 Å². The zero-order valence-electron chi connectivity index (χ0n) is 19.0. The molecule has 0 aliphatic heterocycles. The molecule has 3 heterocycles. The molecule has 2 N–H and O–H groups in total. The molecule has 35 heavy (non-hydrogen) atoms. The van der Waals surface area contributed by atoms with E-state index in [2.05, 4.69) is 48.1 Å². The van der Waals surface area contributed by atoms with Gasteiger partial charge in [-0.3, -0.25) is 8.64 Å². The molecule has 178 valence electrons. The number of benzene rings is 1. The van der Waals surface area contributed by atoms with E-state index in [0.29, 0.717) is 23.7 Å². The third-order valence-electron chi connectivity index (χ3n) is 5.58. The number of anilines is 5. The van der Waals surface area contributed by atoms with Crippen LogP contribution in [0.3, 0.4) is 0 Å². The minimum atomic E-state index is -1.07. The Hall–Kier alpha value is -2.81. The number of fused-ring (bicyclic) bond motifs is 1. The Kier molecular flexibility index (Phi) is 6.86. The molecule has 0 radical (unpaired) electrons. The van der Waals surface area contributed by atoms with E-state index in [9.17, 15) is 9.47 Å². The van der Waals surface area contributed by atoms with Crippen LogP contribution in [0.2, 0.25) is 0 Å². The number of para-hydroxylation sites is 2. The van der Waals surface area contributed by atoms with Crippen LogP contribution in [0.4, 0.5) is 28.7 Å². The fraction of sp³-hybridized carbons (Fsp3) is 0.217. The van der Waals surface area contributed by atoms with Crippen LogP contribution in [-0.2, 0) is 11.0 Å². The fourth-order valence-electron chi connectivity index (χ4n) is 3.70. The Morgan fingerprint density at radius 1 is 1.11 bits per heavy atom. The summed E-state index contributed by atoms with van der Waals surface area (Å²) >= 11 is 2.32. The Bertz CT molecular complexity index is 1480. The first-order chi connectivity index (χ1) is 17.0. The molecule has 2 unspecified atom stereocenters. The summed E-state index contributed by atoms with van der Waals surface area (Å²) in [6, 6.07) is 17.0. The minimum Gasteiger partial charge on any atom is -0.352 e. The first-order valence-electron chi connectivity index (χ1n) is 10.9. The number of aryl methyl sites for hydroxylation is 1. The lowest BCUT2D eigenvalue weighted by Crippen LogP contribution is -2.24. The molecule has 0 bridgehead atoms. The Morgan fingerprint density at radius 2 is 1.91 bits per heavy atom. The minimum absolute atomic E-state index is 0.233. The van der Waals surface area contributed by atoms with Crippen molar-refractivity contribution in [1.29, 1.82) is 5.26 Å². The van der Waals surface area contributed by atoms with E-state index in [1.807, 2.05) is 48.6 Å². The largest absolute Gasteiger partial charge is 0.352 e. The number of nitrogens with zero attached hydrogens (tertiary/aromatic N) is 6. The van der Waals surface area contributed by atoms with E-state index in [-0.39, 0.29) is 5.25 Å². The van der Waals surface area contributed by atoms with Gasteiger partial charge in [-0.25, -0.2) is 19.2 Å². The lowest BCUT2D eigenvalue weighted by molar-refractivity contribution is 0.681. The maximum absolute atomic E-state index is 12.9. The number of rotatable bonds is 8. The third kappa shape index (κ3) is 4.96. The maximum atomic E-state index is 12.9. The summed E-state index contributed by atoms with van der Waals surface area (Å²) in [7, 11) is 0.797. The van der Waals surface area contributed by atoms with Gasteiger partial charge >= 0.3 is 0 Å². The molecule has 3 aromatic heterocycles. The summed E-state index contributed by atoms with van der Waals surface area (Å²) in [6.07, 6.45) is 2.43. The highest BCUT2D eigenvalue weighted by molar-refractivity contribution is 14.2. The van der Waals surface area contributed by atoms with Gasteiger partial charge in [-0.2, -0.15) is 5.26 Å². The summed E-state index contributed by atoms with van der Waals surface area (Å²) in [4.78, 5) is 13.9. The average Bonchev–Trinajstić information content (AvgIpc) is 3.66. The van der Waals surface area contributed by atoms with Crippen LogP contribution in [0, 0.1) is 18.3 Å². The molecule has 12 heteroatoms. The molecule has 1 aliphatic carbocycles. The second-order valence-corrected chi connectivity index (χ2v) is 11.9. The highest BCUT2D eigenvalue weighted by Gasteiger charge is 2.32. The molecule has 9 nitrogen and oxygen atoms in total. The number of halogens is 1. The predicted molar refractivity (Wildman–Crippen MR) is 152 cm³/mol. The number of hydrogen-bond donors (Lipinski definition) is 2. The summed E-state index contributed by atoms with van der Waals surface area (Å²) < 4.78 is 16.8. The number of pyridine rings is 2. The molecule has 1 saturated carbocycles. The first-order valence-corrected chi connectivity index (χ1v) is 16.1. The Balaban J connectivity index is 1.57. The van der Waals surface area contributed by atoms with Gasteiger partial charge in [0.05, 0.1) is 28.7 Å². The highest BCUT2D eigenvalue weighted by Crippen LogP contribution is 2.38.